The number of hydrogen-bond donors (Lipinski definition) is 0. The highest BCUT2D eigenvalue weighted by Gasteiger charge is 2.27. The minimum Gasteiger partial charge on any atom is -0.490 e. The lowest BCUT2D eigenvalue weighted by atomic mass is 9.80. The fourth-order valence-corrected chi connectivity index (χ4v) is 10.3. The van der Waals surface area contributed by atoms with Gasteiger partial charge in [0.05, 0.1) is 26.4 Å². The van der Waals surface area contributed by atoms with Crippen LogP contribution in [0.3, 0.4) is 0 Å². The molecule has 11 aromatic carbocycles. The highest BCUT2D eigenvalue weighted by molar-refractivity contribution is 6.26. The number of benzene rings is 11. The maximum Gasteiger partial charge on any atom is 0.161 e. The van der Waals surface area contributed by atoms with Crippen LogP contribution in [0.15, 0.2) is 182 Å². The molecule has 0 bridgehead atoms. The molecular weight excluding hydrogens is 809 g/mol. The molecule has 66 heavy (non-hydrogen) atoms. The molecule has 0 fully saturated rings. The highest BCUT2D eigenvalue weighted by atomic mass is 16.5. The molecule has 11 aromatic rings. The quantitative estimate of drug-likeness (QED) is 0.115. The van der Waals surface area contributed by atoms with E-state index >= 15 is 0 Å². The number of rotatable bonds is 12. The summed E-state index contributed by atoms with van der Waals surface area (Å²) in [5.41, 5.74) is 8.91. The zero-order valence-corrected chi connectivity index (χ0v) is 37.8. The van der Waals surface area contributed by atoms with Crippen molar-refractivity contribution in [3.8, 4) is 67.5 Å². The highest BCUT2D eigenvalue weighted by Crippen LogP contribution is 2.54. The summed E-state index contributed by atoms with van der Waals surface area (Å²) in [5.74, 6) is 2.89. The van der Waals surface area contributed by atoms with Crippen molar-refractivity contribution in [2.24, 2.45) is 0 Å². The molecule has 0 saturated carbocycles. The van der Waals surface area contributed by atoms with Gasteiger partial charge in [-0.1, -0.05) is 146 Å². The maximum absolute atomic E-state index is 6.49. The van der Waals surface area contributed by atoms with Crippen molar-refractivity contribution in [2.45, 2.75) is 27.7 Å². The van der Waals surface area contributed by atoms with Crippen molar-refractivity contribution in [3.05, 3.63) is 182 Å². The lowest BCUT2D eigenvalue weighted by Crippen LogP contribution is -2.02. The van der Waals surface area contributed by atoms with Gasteiger partial charge in [-0.3, -0.25) is 0 Å². The van der Waals surface area contributed by atoms with Gasteiger partial charge in [0.25, 0.3) is 0 Å². The Kier molecular flexibility index (Phi) is 10.7. The van der Waals surface area contributed by atoms with Crippen molar-refractivity contribution in [1.29, 1.82) is 0 Å². The molecule has 0 saturated heterocycles. The summed E-state index contributed by atoms with van der Waals surface area (Å²) in [6.45, 7) is 10.2. The van der Waals surface area contributed by atoms with Crippen molar-refractivity contribution in [2.75, 3.05) is 26.4 Å². The number of hydrogen-bond acceptors (Lipinski definition) is 4. The van der Waals surface area contributed by atoms with E-state index in [1.54, 1.807) is 0 Å². The molecule has 0 aliphatic carbocycles. The third-order valence-electron chi connectivity index (χ3n) is 12.9. The van der Waals surface area contributed by atoms with Crippen LogP contribution >= 0.6 is 0 Å². The van der Waals surface area contributed by atoms with Gasteiger partial charge in [-0.05, 0) is 173 Å². The molecule has 0 radical (unpaired) electrons. The van der Waals surface area contributed by atoms with Crippen LogP contribution in [-0.4, -0.2) is 26.4 Å². The Labute approximate surface area is 385 Å². The van der Waals surface area contributed by atoms with E-state index in [0.29, 0.717) is 26.4 Å². The first-order valence-corrected chi connectivity index (χ1v) is 23.2. The second kappa shape index (κ2) is 17.3. The van der Waals surface area contributed by atoms with Crippen LogP contribution in [0.5, 0.6) is 23.0 Å². The van der Waals surface area contributed by atoms with Crippen molar-refractivity contribution in [1.82, 2.24) is 0 Å². The van der Waals surface area contributed by atoms with E-state index in [-0.39, 0.29) is 0 Å². The molecule has 4 heteroatoms. The monoisotopic (exact) mass is 858 g/mol. The van der Waals surface area contributed by atoms with Crippen molar-refractivity contribution >= 4 is 64.6 Å². The topological polar surface area (TPSA) is 36.9 Å². The van der Waals surface area contributed by atoms with Crippen LogP contribution in [-0.2, 0) is 0 Å². The van der Waals surface area contributed by atoms with Gasteiger partial charge in [-0.25, -0.2) is 0 Å². The molecule has 0 unspecified atom stereocenters. The molecule has 0 aromatic heterocycles. The van der Waals surface area contributed by atoms with E-state index in [9.17, 15) is 0 Å². The predicted molar refractivity (Wildman–Crippen MR) is 278 cm³/mol. The fourth-order valence-electron chi connectivity index (χ4n) is 10.3. The average Bonchev–Trinajstić information content (AvgIpc) is 3.35. The molecule has 11 rings (SSSR count). The summed E-state index contributed by atoms with van der Waals surface area (Å²) in [5, 5.41) is 14.0. The lowest BCUT2D eigenvalue weighted by Gasteiger charge is -2.25. The molecule has 0 aliphatic heterocycles. The van der Waals surface area contributed by atoms with Crippen molar-refractivity contribution in [3.63, 3.8) is 0 Å². The molecule has 0 amide bonds. The molecule has 322 valence electrons. The first-order chi connectivity index (χ1) is 32.6. The molecule has 0 heterocycles. The van der Waals surface area contributed by atoms with E-state index in [4.69, 9.17) is 18.9 Å². The van der Waals surface area contributed by atoms with Crippen LogP contribution in [0.4, 0.5) is 0 Å². The maximum atomic E-state index is 6.49. The van der Waals surface area contributed by atoms with E-state index in [2.05, 4.69) is 182 Å². The Hall–Kier alpha value is -7.82. The third-order valence-corrected chi connectivity index (χ3v) is 12.9. The van der Waals surface area contributed by atoms with Gasteiger partial charge in [0.15, 0.2) is 23.0 Å². The SMILES string of the molecule is CCOc1cc(-c2c3ccccc3cc3ccccc23)c(-c2c3ccccc3c(-c3cc(OCC)c(OCC)cc3-c3c4ccccc4cc4ccccc34)c3ccccc23)cc1OCC. The standard InChI is InChI=1S/C62H50O4/c1-5-63-55-35-51(59-43-25-13-9-21-39(43)33-40-22-10-14-26-44(40)59)53(37-57(55)65-7-3)61-47-29-17-19-31-49(47)62(50-32-20-18-30-48(50)61)54-38-58(66-8-4)56(64-6-2)36-52(54)60-45-27-15-11-23-41(45)34-42-24-12-16-28-46(42)60/h9-38H,5-8H2,1-4H3. The van der Waals surface area contributed by atoms with Crippen LogP contribution in [0.2, 0.25) is 0 Å². The third kappa shape index (κ3) is 6.84. The molecule has 0 aliphatic rings. The van der Waals surface area contributed by atoms with Gasteiger partial charge in [0.1, 0.15) is 0 Å². The summed E-state index contributed by atoms with van der Waals surface area (Å²) >= 11 is 0. The molecule has 4 nitrogen and oxygen atoms in total. The van der Waals surface area contributed by atoms with Crippen LogP contribution in [0.25, 0.3) is 109 Å². The Balaban J connectivity index is 1.31. The van der Waals surface area contributed by atoms with Crippen LogP contribution in [0, 0.1) is 0 Å². The Bertz CT molecular complexity index is 3250. The van der Waals surface area contributed by atoms with Crippen LogP contribution in [0.1, 0.15) is 27.7 Å². The smallest absolute Gasteiger partial charge is 0.161 e. The molecule has 0 N–H and O–H groups in total. The van der Waals surface area contributed by atoms with E-state index in [0.717, 1.165) is 89.1 Å². The Morgan fingerprint density at radius 1 is 0.242 bits per heavy atom. The summed E-state index contributed by atoms with van der Waals surface area (Å²) in [6, 6.07) is 66.2. The number of ether oxygens (including phenoxy) is 4. The molecule has 0 atom stereocenters. The summed E-state index contributed by atoms with van der Waals surface area (Å²) in [7, 11) is 0. The normalized spacial score (nSPS) is 11.6. The van der Waals surface area contributed by atoms with Gasteiger partial charge in [-0.15, -0.1) is 0 Å². The average molecular weight is 859 g/mol. The van der Waals surface area contributed by atoms with Crippen LogP contribution < -0.4 is 18.9 Å². The Morgan fingerprint density at radius 2 is 0.439 bits per heavy atom. The van der Waals surface area contributed by atoms with Gasteiger partial charge < -0.3 is 18.9 Å². The van der Waals surface area contributed by atoms with Gasteiger partial charge in [0, 0.05) is 0 Å². The van der Waals surface area contributed by atoms with Gasteiger partial charge >= 0.3 is 0 Å². The lowest BCUT2D eigenvalue weighted by molar-refractivity contribution is 0.288. The van der Waals surface area contributed by atoms with E-state index in [1.807, 2.05) is 27.7 Å². The first kappa shape index (κ1) is 40.9. The predicted octanol–water partition coefficient (Wildman–Crippen LogP) is 16.9. The van der Waals surface area contributed by atoms with Crippen molar-refractivity contribution < 1.29 is 18.9 Å². The van der Waals surface area contributed by atoms with E-state index in [1.165, 1.54) is 43.1 Å². The second-order valence-corrected chi connectivity index (χ2v) is 16.6. The zero-order chi connectivity index (χ0) is 44.7. The molecule has 0 spiro atoms. The largest absolute Gasteiger partial charge is 0.490 e. The molecular formula is C62H50O4. The zero-order valence-electron chi connectivity index (χ0n) is 37.8. The van der Waals surface area contributed by atoms with E-state index < -0.39 is 0 Å². The Morgan fingerprint density at radius 3 is 0.667 bits per heavy atom. The summed E-state index contributed by atoms with van der Waals surface area (Å²) < 4.78 is 25.9. The fraction of sp³-hybridized carbons (Fsp3) is 0.129. The van der Waals surface area contributed by atoms with Gasteiger partial charge in [0.2, 0.25) is 0 Å². The van der Waals surface area contributed by atoms with Gasteiger partial charge in [-0.2, -0.15) is 0 Å². The summed E-state index contributed by atoms with van der Waals surface area (Å²) in [4.78, 5) is 0. The second-order valence-electron chi connectivity index (χ2n) is 16.6. The number of fused-ring (bicyclic) bond motifs is 6. The summed E-state index contributed by atoms with van der Waals surface area (Å²) in [6.07, 6.45) is 0. The minimum atomic E-state index is 0.502. The minimum absolute atomic E-state index is 0.502. The first-order valence-electron chi connectivity index (χ1n) is 23.2.